The highest BCUT2D eigenvalue weighted by Crippen LogP contribution is 2.26. The van der Waals surface area contributed by atoms with Gasteiger partial charge in [0.25, 0.3) is 5.91 Å². The first kappa shape index (κ1) is 17.5. The molecule has 0 bridgehead atoms. The molecule has 1 saturated heterocycles. The van der Waals surface area contributed by atoms with Crippen molar-refractivity contribution < 1.29 is 4.79 Å². The molecule has 1 aromatic heterocycles. The van der Waals surface area contributed by atoms with E-state index >= 15 is 0 Å². The molecule has 0 aliphatic carbocycles. The number of hydrogen-bond acceptors (Lipinski definition) is 3. The second-order valence-corrected chi connectivity index (χ2v) is 7.17. The Morgan fingerprint density at radius 3 is 2.37 bits per heavy atom. The number of piperidine rings is 1. The van der Waals surface area contributed by atoms with Crippen LogP contribution in [0.3, 0.4) is 0 Å². The zero-order valence-corrected chi connectivity index (χ0v) is 15.5. The third-order valence-corrected chi connectivity index (χ3v) is 5.12. The molecule has 5 nitrogen and oxygen atoms in total. The second kappa shape index (κ2) is 7.37. The Balaban J connectivity index is 1.75. The Morgan fingerprint density at radius 2 is 1.70 bits per heavy atom. The highest BCUT2D eigenvalue weighted by atomic mass is 16.2. The van der Waals surface area contributed by atoms with E-state index < -0.39 is 0 Å². The van der Waals surface area contributed by atoms with Crippen molar-refractivity contribution in [3.05, 3.63) is 71.9 Å². The monoisotopic (exact) mass is 360 g/mol. The number of para-hydroxylation sites is 1. The van der Waals surface area contributed by atoms with Crippen LogP contribution in [-0.4, -0.2) is 39.7 Å². The lowest BCUT2D eigenvalue weighted by molar-refractivity contribution is 0.0715. The van der Waals surface area contributed by atoms with Gasteiger partial charge < -0.3 is 10.6 Å². The van der Waals surface area contributed by atoms with E-state index in [9.17, 15) is 4.79 Å². The van der Waals surface area contributed by atoms with Crippen molar-refractivity contribution >= 4 is 5.91 Å². The van der Waals surface area contributed by atoms with E-state index in [1.54, 1.807) is 4.68 Å². The summed E-state index contributed by atoms with van der Waals surface area (Å²) in [6.45, 7) is 3.45. The zero-order valence-electron chi connectivity index (χ0n) is 15.5. The van der Waals surface area contributed by atoms with Gasteiger partial charge in [-0.25, -0.2) is 4.68 Å². The van der Waals surface area contributed by atoms with Gasteiger partial charge in [-0.05, 0) is 31.9 Å². The summed E-state index contributed by atoms with van der Waals surface area (Å²) >= 11 is 0. The molecule has 1 amide bonds. The number of benzene rings is 2. The summed E-state index contributed by atoms with van der Waals surface area (Å²) in [6.07, 6.45) is 3.54. The number of hydrogen-bond donors (Lipinski definition) is 1. The maximum absolute atomic E-state index is 13.2. The number of nitrogens with two attached hydrogens (primary N) is 1. The Morgan fingerprint density at radius 1 is 1.04 bits per heavy atom. The third-order valence-electron chi connectivity index (χ3n) is 5.12. The average Bonchev–Trinajstić information content (AvgIpc) is 3.15. The molecule has 0 radical (unpaired) electrons. The lowest BCUT2D eigenvalue weighted by atomic mass is 10.0. The van der Waals surface area contributed by atoms with Gasteiger partial charge in [-0.15, -0.1) is 0 Å². The molecule has 4 rings (SSSR count). The van der Waals surface area contributed by atoms with Gasteiger partial charge in [0.1, 0.15) is 5.69 Å². The largest absolute Gasteiger partial charge is 0.338 e. The van der Waals surface area contributed by atoms with Gasteiger partial charge in [-0.3, -0.25) is 4.79 Å². The predicted molar refractivity (Wildman–Crippen MR) is 107 cm³/mol. The Hall–Kier alpha value is -2.92. The van der Waals surface area contributed by atoms with E-state index in [0.29, 0.717) is 18.7 Å². The van der Waals surface area contributed by atoms with Crippen molar-refractivity contribution in [2.75, 3.05) is 13.1 Å². The Labute approximate surface area is 159 Å². The molecule has 2 heterocycles. The smallest absolute Gasteiger partial charge is 0.257 e. The first-order chi connectivity index (χ1) is 13.1. The predicted octanol–water partition coefficient (Wildman–Crippen LogP) is 3.41. The minimum absolute atomic E-state index is 0.0275. The molecule has 0 saturated carbocycles. The van der Waals surface area contributed by atoms with E-state index in [-0.39, 0.29) is 11.9 Å². The molecule has 3 aromatic rings. The molecule has 1 aliphatic heterocycles. The van der Waals surface area contributed by atoms with E-state index in [4.69, 9.17) is 10.8 Å². The minimum atomic E-state index is 0.0275. The Bertz CT molecular complexity index is 923. The summed E-state index contributed by atoms with van der Waals surface area (Å²) in [5, 5.41) is 4.76. The van der Waals surface area contributed by atoms with Crippen molar-refractivity contribution in [3.8, 4) is 16.9 Å². The molecule has 2 N–H and O–H groups in total. The van der Waals surface area contributed by atoms with Crippen LogP contribution in [0.4, 0.5) is 0 Å². The van der Waals surface area contributed by atoms with E-state index in [1.165, 1.54) is 5.56 Å². The quantitative estimate of drug-likeness (QED) is 0.778. The topological polar surface area (TPSA) is 64.2 Å². The molecule has 0 atom stereocenters. The molecule has 2 aromatic carbocycles. The van der Waals surface area contributed by atoms with Gasteiger partial charge in [-0.1, -0.05) is 48.0 Å². The molecular formula is C22H24N4O. The number of aromatic nitrogens is 2. The fraction of sp³-hybridized carbons (Fsp3) is 0.273. The summed E-state index contributed by atoms with van der Waals surface area (Å²) < 4.78 is 1.79. The highest BCUT2D eigenvalue weighted by Gasteiger charge is 2.26. The van der Waals surface area contributed by atoms with Crippen LogP contribution in [0.5, 0.6) is 0 Å². The van der Waals surface area contributed by atoms with Crippen LogP contribution in [0.1, 0.15) is 28.8 Å². The summed E-state index contributed by atoms with van der Waals surface area (Å²) in [7, 11) is 0. The second-order valence-electron chi connectivity index (χ2n) is 7.17. The minimum Gasteiger partial charge on any atom is -0.338 e. The molecular weight excluding hydrogens is 336 g/mol. The summed E-state index contributed by atoms with van der Waals surface area (Å²) in [6, 6.07) is 18.2. The van der Waals surface area contributed by atoms with Gasteiger partial charge in [0.2, 0.25) is 0 Å². The standard InChI is InChI=1S/C22H24N4O/c1-16-7-9-17(10-8-16)21-20(22(27)25-13-11-18(23)12-14-25)15-26(24-21)19-5-3-2-4-6-19/h2-10,15,18H,11-14,23H2,1H3. The van der Waals surface area contributed by atoms with E-state index in [1.807, 2.05) is 65.7 Å². The van der Waals surface area contributed by atoms with Crippen LogP contribution < -0.4 is 5.73 Å². The van der Waals surface area contributed by atoms with E-state index in [2.05, 4.69) is 6.92 Å². The maximum Gasteiger partial charge on any atom is 0.257 e. The highest BCUT2D eigenvalue weighted by molar-refractivity contribution is 6.00. The first-order valence-electron chi connectivity index (χ1n) is 9.39. The fourth-order valence-electron chi connectivity index (χ4n) is 3.44. The molecule has 5 heteroatoms. The number of amides is 1. The lowest BCUT2D eigenvalue weighted by Gasteiger charge is -2.30. The van der Waals surface area contributed by atoms with Crippen molar-refractivity contribution in [2.24, 2.45) is 5.73 Å². The molecule has 1 aliphatic rings. The summed E-state index contributed by atoms with van der Waals surface area (Å²) in [5.41, 5.74) is 10.4. The third kappa shape index (κ3) is 3.64. The van der Waals surface area contributed by atoms with Crippen molar-refractivity contribution in [2.45, 2.75) is 25.8 Å². The van der Waals surface area contributed by atoms with Gasteiger partial charge >= 0.3 is 0 Å². The van der Waals surface area contributed by atoms with Gasteiger partial charge in [0.05, 0.1) is 11.3 Å². The number of carbonyl (C=O) groups is 1. The maximum atomic E-state index is 13.2. The molecule has 0 spiro atoms. The SMILES string of the molecule is Cc1ccc(-c2nn(-c3ccccc3)cc2C(=O)N2CCC(N)CC2)cc1. The van der Waals surface area contributed by atoms with Crippen molar-refractivity contribution in [3.63, 3.8) is 0 Å². The number of likely N-dealkylation sites (tertiary alicyclic amines) is 1. The summed E-state index contributed by atoms with van der Waals surface area (Å²) in [5.74, 6) is 0.0275. The molecule has 1 fully saturated rings. The lowest BCUT2D eigenvalue weighted by Crippen LogP contribution is -2.42. The fourth-order valence-corrected chi connectivity index (χ4v) is 3.44. The van der Waals surface area contributed by atoms with Crippen LogP contribution in [-0.2, 0) is 0 Å². The average molecular weight is 360 g/mol. The van der Waals surface area contributed by atoms with Gasteiger partial charge in [-0.2, -0.15) is 5.10 Å². The van der Waals surface area contributed by atoms with Crippen LogP contribution in [0.15, 0.2) is 60.8 Å². The zero-order chi connectivity index (χ0) is 18.8. The summed E-state index contributed by atoms with van der Waals surface area (Å²) in [4.78, 5) is 15.1. The number of carbonyl (C=O) groups excluding carboxylic acids is 1. The van der Waals surface area contributed by atoms with E-state index in [0.717, 1.165) is 29.8 Å². The first-order valence-corrected chi connectivity index (χ1v) is 9.39. The van der Waals surface area contributed by atoms with Crippen LogP contribution in [0.2, 0.25) is 0 Å². The molecule has 0 unspecified atom stereocenters. The Kier molecular flexibility index (Phi) is 4.77. The van der Waals surface area contributed by atoms with Crippen LogP contribution in [0.25, 0.3) is 16.9 Å². The van der Waals surface area contributed by atoms with Crippen molar-refractivity contribution in [1.82, 2.24) is 14.7 Å². The van der Waals surface area contributed by atoms with Crippen LogP contribution >= 0.6 is 0 Å². The molecule has 27 heavy (non-hydrogen) atoms. The van der Waals surface area contributed by atoms with Gasteiger partial charge in [0, 0.05) is 30.9 Å². The normalized spacial score (nSPS) is 15.1. The number of aryl methyl sites for hydroxylation is 1. The van der Waals surface area contributed by atoms with Gasteiger partial charge in [0.15, 0.2) is 0 Å². The van der Waals surface area contributed by atoms with Crippen LogP contribution in [0, 0.1) is 6.92 Å². The van der Waals surface area contributed by atoms with Crippen molar-refractivity contribution in [1.29, 1.82) is 0 Å². The number of nitrogens with zero attached hydrogens (tertiary/aromatic N) is 3. The molecule has 138 valence electrons. The number of rotatable bonds is 3.